The molecule has 0 aliphatic heterocycles. The van der Waals surface area contributed by atoms with Crippen LogP contribution in [0.5, 0.6) is 0 Å². The van der Waals surface area contributed by atoms with E-state index >= 15 is 0 Å². The van der Waals surface area contributed by atoms with E-state index < -0.39 is 11.6 Å². The molecule has 0 amide bonds. The van der Waals surface area contributed by atoms with Crippen LogP contribution >= 0.6 is 0 Å². The summed E-state index contributed by atoms with van der Waals surface area (Å²) in [4.78, 5) is 0. The maximum Gasteiger partial charge on any atom is 0.129 e. The van der Waals surface area contributed by atoms with Gasteiger partial charge in [0.05, 0.1) is 0 Å². The van der Waals surface area contributed by atoms with Crippen molar-refractivity contribution in [2.75, 3.05) is 6.54 Å². The minimum atomic E-state index is -0.476. The lowest BCUT2D eigenvalue weighted by Crippen LogP contribution is -2.07. The molecular formula is C13H19F2N. The molecule has 0 heterocycles. The van der Waals surface area contributed by atoms with Gasteiger partial charge in [-0.25, -0.2) is 8.78 Å². The van der Waals surface area contributed by atoms with Gasteiger partial charge in [0.1, 0.15) is 11.6 Å². The molecule has 0 spiro atoms. The minimum Gasteiger partial charge on any atom is -0.330 e. The normalized spacial score (nSPS) is 12.8. The molecule has 1 aromatic rings. The molecule has 90 valence electrons. The summed E-state index contributed by atoms with van der Waals surface area (Å²) in [5, 5.41) is 0. The molecule has 0 aliphatic carbocycles. The van der Waals surface area contributed by atoms with E-state index in [1.165, 1.54) is 0 Å². The zero-order chi connectivity index (χ0) is 12.1. The topological polar surface area (TPSA) is 26.0 Å². The molecule has 1 aromatic carbocycles. The van der Waals surface area contributed by atoms with Gasteiger partial charge in [0.25, 0.3) is 0 Å². The van der Waals surface area contributed by atoms with Crippen LogP contribution in [0.1, 0.15) is 30.9 Å². The predicted molar refractivity (Wildman–Crippen MR) is 62.3 cm³/mol. The van der Waals surface area contributed by atoms with Gasteiger partial charge in [-0.3, -0.25) is 0 Å². The van der Waals surface area contributed by atoms with E-state index in [4.69, 9.17) is 5.73 Å². The Balaban J connectivity index is 2.63. The fraction of sp³-hybridized carbons (Fsp3) is 0.538. The van der Waals surface area contributed by atoms with E-state index in [-0.39, 0.29) is 0 Å². The molecule has 0 aromatic heterocycles. The first-order valence-corrected chi connectivity index (χ1v) is 5.69. The fourth-order valence-corrected chi connectivity index (χ4v) is 1.74. The first kappa shape index (κ1) is 13.1. The molecule has 3 heteroatoms. The van der Waals surface area contributed by atoms with Crippen molar-refractivity contribution in [3.05, 3.63) is 34.9 Å². The van der Waals surface area contributed by atoms with E-state index in [1.807, 2.05) is 0 Å². The van der Waals surface area contributed by atoms with Crippen LogP contribution in [0.4, 0.5) is 8.78 Å². The minimum absolute atomic E-state index is 0.442. The molecule has 1 unspecified atom stereocenters. The smallest absolute Gasteiger partial charge is 0.129 e. The third-order valence-electron chi connectivity index (χ3n) is 2.89. The van der Waals surface area contributed by atoms with Gasteiger partial charge in [-0.2, -0.15) is 0 Å². The van der Waals surface area contributed by atoms with Gasteiger partial charge < -0.3 is 5.73 Å². The third kappa shape index (κ3) is 3.56. The lowest BCUT2D eigenvalue weighted by atomic mass is 9.97. The van der Waals surface area contributed by atoms with Crippen molar-refractivity contribution < 1.29 is 8.78 Å². The molecule has 0 saturated heterocycles. The molecule has 16 heavy (non-hydrogen) atoms. The van der Waals surface area contributed by atoms with Crippen LogP contribution in [-0.2, 0) is 6.42 Å². The van der Waals surface area contributed by atoms with Gasteiger partial charge in [-0.1, -0.05) is 13.0 Å². The van der Waals surface area contributed by atoms with Gasteiger partial charge in [-0.05, 0) is 49.8 Å². The summed E-state index contributed by atoms with van der Waals surface area (Å²) in [6.07, 6.45) is 2.48. The van der Waals surface area contributed by atoms with Gasteiger partial charge in [-0.15, -0.1) is 0 Å². The first-order valence-electron chi connectivity index (χ1n) is 5.69. The van der Waals surface area contributed by atoms with Crippen LogP contribution in [0.3, 0.4) is 0 Å². The van der Waals surface area contributed by atoms with E-state index in [9.17, 15) is 8.78 Å². The zero-order valence-corrected chi connectivity index (χ0v) is 9.89. The third-order valence-corrected chi connectivity index (χ3v) is 2.89. The van der Waals surface area contributed by atoms with Gasteiger partial charge in [0, 0.05) is 6.07 Å². The summed E-state index contributed by atoms with van der Waals surface area (Å²) in [5.41, 5.74) is 6.55. The molecule has 1 atom stereocenters. The Morgan fingerprint density at radius 1 is 1.19 bits per heavy atom. The predicted octanol–water partition coefficient (Wildman–Crippen LogP) is 3.19. The van der Waals surface area contributed by atoms with E-state index in [0.29, 0.717) is 30.0 Å². The average molecular weight is 227 g/mol. The van der Waals surface area contributed by atoms with E-state index in [1.54, 1.807) is 13.0 Å². The second-order valence-electron chi connectivity index (χ2n) is 4.41. The summed E-state index contributed by atoms with van der Waals surface area (Å²) in [5.74, 6) is -0.436. The van der Waals surface area contributed by atoms with E-state index in [2.05, 4.69) is 6.92 Å². The maximum absolute atomic E-state index is 13.4. The lowest BCUT2D eigenvalue weighted by Gasteiger charge is -2.11. The Bertz CT molecular complexity index is 350. The second-order valence-corrected chi connectivity index (χ2v) is 4.41. The fourth-order valence-electron chi connectivity index (χ4n) is 1.74. The highest BCUT2D eigenvalue weighted by Gasteiger charge is 2.09. The summed E-state index contributed by atoms with van der Waals surface area (Å²) in [7, 11) is 0. The second kappa shape index (κ2) is 5.94. The Hall–Kier alpha value is -0.960. The van der Waals surface area contributed by atoms with Crippen LogP contribution in [-0.4, -0.2) is 6.54 Å². The summed E-state index contributed by atoms with van der Waals surface area (Å²) < 4.78 is 26.4. The van der Waals surface area contributed by atoms with E-state index in [0.717, 1.165) is 18.9 Å². The van der Waals surface area contributed by atoms with Crippen molar-refractivity contribution >= 4 is 0 Å². The monoisotopic (exact) mass is 227 g/mol. The number of aryl methyl sites for hydroxylation is 2. The molecule has 0 fully saturated rings. The zero-order valence-electron chi connectivity index (χ0n) is 9.89. The van der Waals surface area contributed by atoms with Crippen molar-refractivity contribution in [2.45, 2.75) is 33.1 Å². The SMILES string of the molecule is Cc1cc(CCC(C)CCN)c(F)cc1F. The largest absolute Gasteiger partial charge is 0.330 e. The van der Waals surface area contributed by atoms with Gasteiger partial charge >= 0.3 is 0 Å². The number of nitrogens with two attached hydrogens (primary N) is 1. The Labute approximate surface area is 95.7 Å². The Morgan fingerprint density at radius 3 is 2.50 bits per heavy atom. The number of rotatable bonds is 5. The maximum atomic E-state index is 13.4. The highest BCUT2D eigenvalue weighted by atomic mass is 19.1. The van der Waals surface area contributed by atoms with Crippen LogP contribution in [0, 0.1) is 24.5 Å². The highest BCUT2D eigenvalue weighted by Crippen LogP contribution is 2.18. The van der Waals surface area contributed by atoms with Crippen LogP contribution in [0.15, 0.2) is 12.1 Å². The lowest BCUT2D eigenvalue weighted by molar-refractivity contribution is 0.489. The Morgan fingerprint density at radius 2 is 1.88 bits per heavy atom. The highest BCUT2D eigenvalue weighted by molar-refractivity contribution is 5.25. The summed E-state index contributed by atoms with van der Waals surface area (Å²) in [6.45, 7) is 4.41. The quantitative estimate of drug-likeness (QED) is 0.821. The molecule has 0 saturated carbocycles. The van der Waals surface area contributed by atoms with Crippen molar-refractivity contribution in [2.24, 2.45) is 11.7 Å². The summed E-state index contributed by atoms with van der Waals surface area (Å²) in [6, 6.07) is 2.57. The van der Waals surface area contributed by atoms with Crippen LogP contribution < -0.4 is 5.73 Å². The number of halogens is 2. The average Bonchev–Trinajstić information content (AvgIpc) is 2.22. The molecule has 2 N–H and O–H groups in total. The molecule has 1 nitrogen and oxygen atoms in total. The summed E-state index contributed by atoms with van der Waals surface area (Å²) >= 11 is 0. The molecule has 0 radical (unpaired) electrons. The van der Waals surface area contributed by atoms with Crippen LogP contribution in [0.2, 0.25) is 0 Å². The number of benzene rings is 1. The molecule has 0 aliphatic rings. The van der Waals surface area contributed by atoms with Gasteiger partial charge in [0.15, 0.2) is 0 Å². The van der Waals surface area contributed by atoms with Crippen molar-refractivity contribution in [1.82, 2.24) is 0 Å². The van der Waals surface area contributed by atoms with Crippen molar-refractivity contribution in [3.63, 3.8) is 0 Å². The number of hydrogen-bond acceptors (Lipinski definition) is 1. The van der Waals surface area contributed by atoms with Crippen LogP contribution in [0.25, 0.3) is 0 Å². The number of hydrogen-bond donors (Lipinski definition) is 1. The van der Waals surface area contributed by atoms with Crippen molar-refractivity contribution in [1.29, 1.82) is 0 Å². The molecule has 0 bridgehead atoms. The Kier molecular flexibility index (Phi) is 4.87. The van der Waals surface area contributed by atoms with Gasteiger partial charge in [0.2, 0.25) is 0 Å². The standard InChI is InChI=1S/C13H19F2N/c1-9(5-6-16)3-4-11-7-10(2)12(14)8-13(11)15/h7-9H,3-6,16H2,1-2H3. The first-order chi connectivity index (χ1) is 7.54. The molecule has 1 rings (SSSR count). The van der Waals surface area contributed by atoms with Crippen molar-refractivity contribution in [3.8, 4) is 0 Å². The molecular weight excluding hydrogens is 208 g/mol.